The van der Waals surface area contributed by atoms with Gasteiger partial charge in [-0.15, -0.1) is 0 Å². The molecule has 0 amide bonds. The van der Waals surface area contributed by atoms with Crippen molar-refractivity contribution in [3.8, 4) is 0 Å². The van der Waals surface area contributed by atoms with Gasteiger partial charge in [0.1, 0.15) is 18.9 Å². The van der Waals surface area contributed by atoms with E-state index in [0.717, 1.165) is 25.2 Å². The average molecular weight is 252 g/mol. The first kappa shape index (κ1) is 12.2. The zero-order valence-corrected chi connectivity index (χ0v) is 9.52. The number of aliphatic carboxylic acids is 1. The second kappa shape index (κ2) is 4.94. The monoisotopic (exact) mass is 252 g/mol. The lowest BCUT2D eigenvalue weighted by atomic mass is 10.3. The fraction of sp³-hybridized carbons (Fsp3) is 0.500. The normalized spacial score (nSPS) is 14.2. The van der Waals surface area contributed by atoms with Crippen LogP contribution < -0.4 is 4.90 Å². The van der Waals surface area contributed by atoms with Gasteiger partial charge in [-0.25, -0.2) is 9.97 Å². The van der Waals surface area contributed by atoms with Gasteiger partial charge in [0, 0.05) is 6.54 Å². The van der Waals surface area contributed by atoms with Gasteiger partial charge < -0.3 is 10.0 Å². The van der Waals surface area contributed by atoms with Crippen LogP contribution in [0.15, 0.2) is 12.4 Å². The Morgan fingerprint density at radius 2 is 2.11 bits per heavy atom. The highest BCUT2D eigenvalue weighted by Crippen LogP contribution is 2.30. The highest BCUT2D eigenvalue weighted by Gasteiger charge is 2.26. The van der Waals surface area contributed by atoms with Gasteiger partial charge in [0.05, 0.1) is 4.92 Å². The molecule has 18 heavy (non-hydrogen) atoms. The van der Waals surface area contributed by atoms with E-state index in [4.69, 9.17) is 5.11 Å². The molecule has 8 nitrogen and oxygen atoms in total. The molecule has 0 atom stereocenters. The summed E-state index contributed by atoms with van der Waals surface area (Å²) in [7, 11) is 0. The van der Waals surface area contributed by atoms with Gasteiger partial charge in [-0.1, -0.05) is 0 Å². The highest BCUT2D eigenvalue weighted by molar-refractivity contribution is 5.72. The smallest absolute Gasteiger partial charge is 0.323 e. The molecule has 1 aliphatic carbocycles. The summed E-state index contributed by atoms with van der Waals surface area (Å²) in [6.07, 6.45) is 4.32. The maximum absolute atomic E-state index is 10.8. The van der Waals surface area contributed by atoms with Crippen molar-refractivity contribution < 1.29 is 14.8 Å². The third kappa shape index (κ3) is 3.12. The molecule has 1 heterocycles. The maximum Gasteiger partial charge on any atom is 0.323 e. The summed E-state index contributed by atoms with van der Waals surface area (Å²) in [5.74, 6) is -0.282. The van der Waals surface area contributed by atoms with Crippen molar-refractivity contribution in [2.24, 2.45) is 5.92 Å². The fourth-order valence-electron chi connectivity index (χ4n) is 1.56. The van der Waals surface area contributed by atoms with Crippen LogP contribution in [-0.4, -0.2) is 39.1 Å². The number of nitro groups is 1. The molecule has 1 aromatic heterocycles. The molecular formula is C10H12N4O4. The van der Waals surface area contributed by atoms with Crippen LogP contribution in [0.25, 0.3) is 0 Å². The van der Waals surface area contributed by atoms with Gasteiger partial charge in [-0.2, -0.15) is 0 Å². The molecule has 0 saturated heterocycles. The molecule has 0 aliphatic heterocycles. The zero-order valence-electron chi connectivity index (χ0n) is 9.52. The summed E-state index contributed by atoms with van der Waals surface area (Å²) in [6, 6.07) is 0. The van der Waals surface area contributed by atoms with Crippen molar-refractivity contribution in [3.05, 3.63) is 22.5 Å². The second-order valence-corrected chi connectivity index (χ2v) is 4.22. The van der Waals surface area contributed by atoms with Crippen LogP contribution in [0.1, 0.15) is 12.8 Å². The van der Waals surface area contributed by atoms with Gasteiger partial charge in [-0.05, 0) is 18.8 Å². The summed E-state index contributed by atoms with van der Waals surface area (Å²) < 4.78 is 0. The topological polar surface area (TPSA) is 109 Å². The average Bonchev–Trinajstić information content (AvgIpc) is 3.12. The van der Waals surface area contributed by atoms with Crippen molar-refractivity contribution in [2.75, 3.05) is 18.0 Å². The van der Waals surface area contributed by atoms with E-state index >= 15 is 0 Å². The molecule has 0 spiro atoms. The van der Waals surface area contributed by atoms with Gasteiger partial charge in [0.15, 0.2) is 0 Å². The van der Waals surface area contributed by atoms with Crippen LogP contribution in [0.4, 0.5) is 11.6 Å². The predicted molar refractivity (Wildman–Crippen MR) is 61.3 cm³/mol. The Morgan fingerprint density at radius 1 is 1.50 bits per heavy atom. The van der Waals surface area contributed by atoms with Crippen LogP contribution in [0.2, 0.25) is 0 Å². The maximum atomic E-state index is 10.8. The molecule has 0 unspecified atom stereocenters. The number of nitrogens with zero attached hydrogens (tertiary/aromatic N) is 4. The molecule has 0 bridgehead atoms. The first-order valence-corrected chi connectivity index (χ1v) is 5.49. The Kier molecular flexibility index (Phi) is 3.35. The third-order valence-corrected chi connectivity index (χ3v) is 2.62. The van der Waals surface area contributed by atoms with E-state index in [2.05, 4.69) is 9.97 Å². The van der Waals surface area contributed by atoms with E-state index in [1.54, 1.807) is 0 Å². The highest BCUT2D eigenvalue weighted by atomic mass is 16.6. The van der Waals surface area contributed by atoms with Crippen molar-refractivity contribution in [1.29, 1.82) is 0 Å². The Hall–Kier alpha value is -2.25. The lowest BCUT2D eigenvalue weighted by molar-refractivity contribution is -0.385. The van der Waals surface area contributed by atoms with E-state index in [1.165, 1.54) is 4.90 Å². The second-order valence-electron chi connectivity index (χ2n) is 4.22. The predicted octanol–water partition coefficient (Wildman–Crippen LogP) is 0.686. The molecule has 1 aliphatic rings. The van der Waals surface area contributed by atoms with E-state index in [1.807, 2.05) is 0 Å². The number of rotatable bonds is 6. The number of hydrogen-bond donors (Lipinski definition) is 1. The third-order valence-electron chi connectivity index (χ3n) is 2.62. The van der Waals surface area contributed by atoms with Gasteiger partial charge in [0.25, 0.3) is 0 Å². The van der Waals surface area contributed by atoms with Crippen molar-refractivity contribution in [1.82, 2.24) is 9.97 Å². The molecular weight excluding hydrogens is 240 g/mol. The minimum absolute atomic E-state index is 0.200. The molecule has 1 N–H and O–H groups in total. The molecule has 96 valence electrons. The van der Waals surface area contributed by atoms with Crippen LogP contribution in [0.3, 0.4) is 0 Å². The first-order valence-electron chi connectivity index (χ1n) is 5.49. The van der Waals surface area contributed by atoms with Gasteiger partial charge >= 0.3 is 11.7 Å². The van der Waals surface area contributed by atoms with Crippen LogP contribution >= 0.6 is 0 Å². The van der Waals surface area contributed by atoms with Crippen LogP contribution in [0.5, 0.6) is 0 Å². The number of carboxylic acid groups (broad SMARTS) is 1. The standard InChI is InChI=1S/C10H12N4O4/c15-9(16)6-13(5-7-1-2-7)10-11-3-8(4-12-10)14(17)18/h3-4,7H,1-2,5-6H2,(H,15,16). The van der Waals surface area contributed by atoms with E-state index in [0.29, 0.717) is 12.5 Å². The molecule has 1 fully saturated rings. The van der Waals surface area contributed by atoms with Gasteiger partial charge in [-0.3, -0.25) is 14.9 Å². The summed E-state index contributed by atoms with van der Waals surface area (Å²) in [6.45, 7) is 0.373. The Bertz CT molecular complexity index is 457. The van der Waals surface area contributed by atoms with Crippen molar-refractivity contribution >= 4 is 17.6 Å². The van der Waals surface area contributed by atoms with Crippen LogP contribution in [0, 0.1) is 16.0 Å². The lowest BCUT2D eigenvalue weighted by Gasteiger charge is -2.19. The summed E-state index contributed by atoms with van der Waals surface area (Å²) in [5.41, 5.74) is -0.208. The number of carbonyl (C=O) groups is 1. The number of aromatic nitrogens is 2. The van der Waals surface area contributed by atoms with Crippen molar-refractivity contribution in [2.45, 2.75) is 12.8 Å². The Labute approximate surface area is 102 Å². The fourth-order valence-corrected chi connectivity index (χ4v) is 1.56. The largest absolute Gasteiger partial charge is 0.480 e. The number of hydrogen-bond acceptors (Lipinski definition) is 6. The summed E-state index contributed by atoms with van der Waals surface area (Å²) in [5, 5.41) is 19.3. The molecule has 0 aromatic carbocycles. The molecule has 1 saturated carbocycles. The summed E-state index contributed by atoms with van der Waals surface area (Å²) in [4.78, 5) is 29.8. The van der Waals surface area contributed by atoms with Gasteiger partial charge in [0.2, 0.25) is 5.95 Å². The minimum atomic E-state index is -0.974. The molecule has 1 aromatic rings. The first-order chi connectivity index (χ1) is 8.56. The van der Waals surface area contributed by atoms with E-state index in [9.17, 15) is 14.9 Å². The number of anilines is 1. The SMILES string of the molecule is O=C(O)CN(CC1CC1)c1ncc([N+](=O)[O-])cn1. The molecule has 0 radical (unpaired) electrons. The van der Waals surface area contributed by atoms with Crippen molar-refractivity contribution in [3.63, 3.8) is 0 Å². The zero-order chi connectivity index (χ0) is 13.1. The quantitative estimate of drug-likeness (QED) is 0.585. The Balaban J connectivity index is 2.12. The van der Waals surface area contributed by atoms with Crippen LogP contribution in [-0.2, 0) is 4.79 Å². The summed E-state index contributed by atoms with van der Waals surface area (Å²) >= 11 is 0. The minimum Gasteiger partial charge on any atom is -0.480 e. The lowest BCUT2D eigenvalue weighted by Crippen LogP contribution is -2.33. The van der Waals surface area contributed by atoms with E-state index < -0.39 is 10.9 Å². The number of carboxylic acids is 1. The molecule has 2 rings (SSSR count). The Morgan fingerprint density at radius 3 is 2.56 bits per heavy atom. The van der Waals surface area contributed by atoms with E-state index in [-0.39, 0.29) is 18.2 Å². The molecule has 8 heteroatoms.